The maximum Gasteiger partial charge on any atom is 0.433 e. The number of aromatic nitrogens is 3. The third kappa shape index (κ3) is 5.28. The number of carbonyl (C=O) groups excluding carboxylic acids is 1. The van der Waals surface area contributed by atoms with Crippen molar-refractivity contribution in [3.05, 3.63) is 52.9 Å². The van der Waals surface area contributed by atoms with Gasteiger partial charge in [0.15, 0.2) is 0 Å². The van der Waals surface area contributed by atoms with Crippen molar-refractivity contribution >= 4 is 29.0 Å². The Hall–Kier alpha value is -3.25. The molecule has 2 unspecified atom stereocenters. The fourth-order valence-electron chi connectivity index (χ4n) is 3.86. The molecule has 2 atom stereocenters. The van der Waals surface area contributed by atoms with Gasteiger partial charge in [0.25, 0.3) is 0 Å². The van der Waals surface area contributed by atoms with Crippen LogP contribution in [0.25, 0.3) is 10.4 Å². The number of hydrogen-bond donors (Lipinski definition) is 3. The van der Waals surface area contributed by atoms with Gasteiger partial charge in [-0.2, -0.15) is 13.2 Å². The van der Waals surface area contributed by atoms with Gasteiger partial charge in [-0.15, -0.1) is 11.3 Å². The number of benzene rings is 1. The Bertz CT molecular complexity index is 1190. The molecule has 1 aliphatic heterocycles. The molecule has 1 aromatic carbocycles. The second kappa shape index (κ2) is 9.55. The number of aliphatic hydroxyl groups is 1. The van der Waals surface area contributed by atoms with Gasteiger partial charge in [0.05, 0.1) is 9.88 Å². The van der Waals surface area contributed by atoms with Crippen molar-refractivity contribution in [2.45, 2.75) is 38.1 Å². The molecule has 3 N–H and O–H groups in total. The van der Waals surface area contributed by atoms with E-state index in [4.69, 9.17) is 0 Å². The van der Waals surface area contributed by atoms with Crippen LogP contribution in [0.1, 0.15) is 35.0 Å². The zero-order valence-electron chi connectivity index (χ0n) is 18.4. The number of thiazole rings is 1. The molecule has 0 saturated carbocycles. The number of aliphatic hydroxyl groups excluding tert-OH is 1. The number of amides is 2. The van der Waals surface area contributed by atoms with Crippen LogP contribution < -0.4 is 10.6 Å². The van der Waals surface area contributed by atoms with E-state index in [2.05, 4.69) is 25.6 Å². The molecule has 0 aliphatic carbocycles. The Morgan fingerprint density at radius 3 is 2.76 bits per heavy atom. The summed E-state index contributed by atoms with van der Waals surface area (Å²) in [6.07, 6.45) is -1.54. The van der Waals surface area contributed by atoms with Crippen molar-refractivity contribution in [2.24, 2.45) is 0 Å². The Labute approximate surface area is 197 Å². The number of likely N-dealkylation sites (tertiary alicyclic amines) is 1. The van der Waals surface area contributed by atoms with Crippen molar-refractivity contribution in [1.82, 2.24) is 25.2 Å². The molecular weight excluding hydrogens is 469 g/mol. The average molecular weight is 493 g/mol. The highest BCUT2D eigenvalue weighted by Crippen LogP contribution is 2.37. The average Bonchev–Trinajstić information content (AvgIpc) is 3.28. The van der Waals surface area contributed by atoms with Gasteiger partial charge >= 0.3 is 12.2 Å². The zero-order valence-corrected chi connectivity index (χ0v) is 19.2. The van der Waals surface area contributed by atoms with Crippen LogP contribution in [0.15, 0.2) is 36.7 Å². The Balaban J connectivity index is 1.52. The number of rotatable bonds is 4. The summed E-state index contributed by atoms with van der Waals surface area (Å²) in [7, 11) is 1.53. The second-order valence-electron chi connectivity index (χ2n) is 7.99. The quantitative estimate of drug-likeness (QED) is 0.495. The number of alkyl halides is 3. The minimum absolute atomic E-state index is 0.0237. The lowest BCUT2D eigenvalue weighted by molar-refractivity contribution is -0.141. The Kier molecular flexibility index (Phi) is 6.71. The molecule has 3 heterocycles. The van der Waals surface area contributed by atoms with Crippen LogP contribution >= 0.6 is 11.3 Å². The van der Waals surface area contributed by atoms with Gasteiger partial charge in [0, 0.05) is 44.0 Å². The van der Waals surface area contributed by atoms with E-state index >= 15 is 0 Å². The van der Waals surface area contributed by atoms with Gasteiger partial charge in [-0.3, -0.25) is 4.90 Å². The summed E-state index contributed by atoms with van der Waals surface area (Å²) >= 11 is 1.49. The topological polar surface area (TPSA) is 103 Å². The first-order valence-corrected chi connectivity index (χ1v) is 11.4. The van der Waals surface area contributed by atoms with E-state index in [9.17, 15) is 23.1 Å². The molecule has 180 valence electrons. The smallest absolute Gasteiger partial charge is 0.373 e. The molecule has 0 radical (unpaired) electrons. The van der Waals surface area contributed by atoms with E-state index in [1.165, 1.54) is 23.3 Å². The van der Waals surface area contributed by atoms with E-state index in [1.807, 2.05) is 13.0 Å². The molecule has 4 rings (SSSR count). The van der Waals surface area contributed by atoms with Gasteiger partial charge in [-0.05, 0) is 42.7 Å². The molecule has 0 bridgehead atoms. The van der Waals surface area contributed by atoms with Gasteiger partial charge < -0.3 is 15.7 Å². The van der Waals surface area contributed by atoms with Crippen molar-refractivity contribution in [2.75, 3.05) is 18.9 Å². The molecular formula is C22H23F3N6O2S. The van der Waals surface area contributed by atoms with Gasteiger partial charge in [0.1, 0.15) is 11.9 Å². The lowest BCUT2D eigenvalue weighted by atomic mass is 9.96. The number of nitrogens with one attached hydrogen (secondary N) is 2. The molecule has 12 heteroatoms. The van der Waals surface area contributed by atoms with E-state index < -0.39 is 18.1 Å². The predicted molar refractivity (Wildman–Crippen MR) is 122 cm³/mol. The van der Waals surface area contributed by atoms with Crippen LogP contribution in [0, 0.1) is 6.92 Å². The molecule has 1 saturated heterocycles. The van der Waals surface area contributed by atoms with E-state index in [1.54, 1.807) is 18.3 Å². The van der Waals surface area contributed by atoms with Crippen LogP contribution in [0.3, 0.4) is 0 Å². The Morgan fingerprint density at radius 1 is 1.26 bits per heavy atom. The number of hydrogen-bond acceptors (Lipinski definition) is 7. The summed E-state index contributed by atoms with van der Waals surface area (Å²) in [6.45, 7) is 2.31. The third-order valence-corrected chi connectivity index (χ3v) is 6.69. The van der Waals surface area contributed by atoms with Gasteiger partial charge in [-0.25, -0.2) is 19.7 Å². The van der Waals surface area contributed by atoms with E-state index in [0.717, 1.165) is 33.3 Å². The van der Waals surface area contributed by atoms with E-state index in [-0.39, 0.29) is 17.9 Å². The summed E-state index contributed by atoms with van der Waals surface area (Å²) in [5, 5.41) is 16.6. The number of aryl methyl sites for hydroxylation is 1. The monoisotopic (exact) mass is 492 g/mol. The molecule has 0 spiro atoms. The number of halogens is 3. The fourth-order valence-corrected chi connectivity index (χ4v) is 4.91. The first-order chi connectivity index (χ1) is 16.1. The summed E-state index contributed by atoms with van der Waals surface area (Å²) in [4.78, 5) is 26.1. The summed E-state index contributed by atoms with van der Waals surface area (Å²) in [6, 6.07) is 6.06. The highest BCUT2D eigenvalue weighted by atomic mass is 32.1. The molecule has 1 fully saturated rings. The number of carbonyl (C=O) groups is 1. The minimum atomic E-state index is -4.56. The first kappa shape index (κ1) is 23.9. The van der Waals surface area contributed by atoms with Crippen molar-refractivity contribution in [3.63, 3.8) is 0 Å². The molecule has 34 heavy (non-hydrogen) atoms. The number of nitrogens with zero attached hydrogens (tertiary/aromatic N) is 4. The van der Waals surface area contributed by atoms with Gasteiger partial charge in [-0.1, -0.05) is 6.07 Å². The highest BCUT2D eigenvalue weighted by Gasteiger charge is 2.33. The van der Waals surface area contributed by atoms with Crippen LogP contribution in [0.2, 0.25) is 0 Å². The summed E-state index contributed by atoms with van der Waals surface area (Å²) in [5.74, 6) is -0.121. The number of piperidine rings is 1. The second-order valence-corrected chi connectivity index (χ2v) is 9.05. The fraction of sp³-hybridized carbons (Fsp3) is 0.364. The van der Waals surface area contributed by atoms with Gasteiger partial charge in [0.2, 0.25) is 5.95 Å². The molecule has 3 aromatic rings. The van der Waals surface area contributed by atoms with Crippen molar-refractivity contribution in [1.29, 1.82) is 0 Å². The van der Waals surface area contributed by atoms with Crippen LogP contribution in [-0.2, 0) is 6.18 Å². The minimum Gasteiger partial charge on any atom is -0.373 e. The molecule has 8 nitrogen and oxygen atoms in total. The van der Waals surface area contributed by atoms with Crippen LogP contribution in [0.4, 0.5) is 29.6 Å². The molecule has 2 amide bonds. The summed E-state index contributed by atoms with van der Waals surface area (Å²) < 4.78 is 38.9. The lowest BCUT2D eigenvalue weighted by Gasteiger charge is -2.35. The SMILES string of the molecule is CNC(=O)N1CCC(c2ncc(-c3cc(C)cc(Nc4nccc(C(F)(F)F)n4)c3)s2)CC1O. The van der Waals surface area contributed by atoms with Crippen molar-refractivity contribution < 1.29 is 23.1 Å². The largest absolute Gasteiger partial charge is 0.433 e. The van der Waals surface area contributed by atoms with Crippen molar-refractivity contribution in [3.8, 4) is 10.4 Å². The molecule has 2 aromatic heterocycles. The van der Waals surface area contributed by atoms with Crippen LogP contribution in [0.5, 0.6) is 0 Å². The first-order valence-electron chi connectivity index (χ1n) is 10.6. The maximum absolute atomic E-state index is 13.0. The maximum atomic E-state index is 13.0. The van der Waals surface area contributed by atoms with Crippen LogP contribution in [-0.4, -0.2) is 50.8 Å². The number of urea groups is 1. The summed E-state index contributed by atoms with van der Waals surface area (Å²) in [5.41, 5.74) is 1.28. The normalized spacial score (nSPS) is 18.6. The third-order valence-electron chi connectivity index (χ3n) is 5.49. The lowest BCUT2D eigenvalue weighted by Crippen LogP contribution is -2.49. The zero-order chi connectivity index (χ0) is 24.5. The highest BCUT2D eigenvalue weighted by molar-refractivity contribution is 7.15. The van der Waals surface area contributed by atoms with E-state index in [0.29, 0.717) is 25.1 Å². The number of anilines is 2. The Morgan fingerprint density at radius 2 is 2.06 bits per heavy atom. The standard InChI is InChI=1S/C22H23F3N6O2S/c1-12-7-14(9-15(8-12)29-20-27-5-3-17(30-20)22(23,24)25)16-11-28-19(34-16)13-4-6-31(18(32)10-13)21(33)26-2/h3,5,7-9,11,13,18,32H,4,6,10H2,1-2H3,(H,26,33)(H,27,29,30). The predicted octanol–water partition coefficient (Wildman–Crippen LogP) is 4.51. The molecule has 1 aliphatic rings.